The molecule has 0 radical (unpaired) electrons. The Bertz CT molecular complexity index is 162. The molecule has 2 nitrogen and oxygen atoms in total. The summed E-state index contributed by atoms with van der Waals surface area (Å²) >= 11 is 0. The topological polar surface area (TPSA) is 52.0 Å². The van der Waals surface area contributed by atoms with Gasteiger partial charge in [0.25, 0.3) is 0 Å². The first-order valence-electron chi connectivity index (χ1n) is 9.21. The second kappa shape index (κ2) is 15.3. The number of rotatable bonds is 15. The van der Waals surface area contributed by atoms with Crippen molar-refractivity contribution in [1.29, 1.82) is 0 Å². The quantitative estimate of drug-likeness (QED) is 0.409. The van der Waals surface area contributed by atoms with Crippen molar-refractivity contribution in [3.8, 4) is 0 Å². The molecule has 0 aromatic carbocycles. The maximum absolute atomic E-state index is 6.08. The van der Waals surface area contributed by atoms with Gasteiger partial charge in [0.2, 0.25) is 0 Å². The normalized spacial score (nSPS) is 14.4. The SMILES string of the molecule is CCCCC(N)CCCCCCCCC(N)CCCC. The molecule has 20 heavy (non-hydrogen) atoms. The highest BCUT2D eigenvalue weighted by atomic mass is 14.6. The molecule has 122 valence electrons. The molecule has 0 amide bonds. The largest absolute Gasteiger partial charge is 0.328 e. The molecule has 0 heterocycles. The minimum absolute atomic E-state index is 0.450. The van der Waals surface area contributed by atoms with Crippen molar-refractivity contribution in [3.63, 3.8) is 0 Å². The molecular weight excluding hydrogens is 244 g/mol. The van der Waals surface area contributed by atoms with Crippen LogP contribution in [0.1, 0.15) is 104 Å². The van der Waals surface area contributed by atoms with E-state index in [4.69, 9.17) is 11.5 Å². The van der Waals surface area contributed by atoms with E-state index in [9.17, 15) is 0 Å². The predicted octanol–water partition coefficient (Wildman–Crippen LogP) is 5.14. The van der Waals surface area contributed by atoms with Crippen LogP contribution in [0.2, 0.25) is 0 Å². The zero-order valence-electron chi connectivity index (χ0n) is 14.2. The van der Waals surface area contributed by atoms with E-state index in [-0.39, 0.29) is 0 Å². The molecule has 2 unspecified atom stereocenters. The summed E-state index contributed by atoms with van der Waals surface area (Å²) in [5.41, 5.74) is 12.2. The summed E-state index contributed by atoms with van der Waals surface area (Å²) in [5, 5.41) is 0. The molecule has 0 fully saturated rings. The number of unbranched alkanes of at least 4 members (excludes halogenated alkanes) is 7. The van der Waals surface area contributed by atoms with Gasteiger partial charge >= 0.3 is 0 Å². The Balaban J connectivity index is 3.16. The maximum atomic E-state index is 6.08. The summed E-state index contributed by atoms with van der Waals surface area (Å²) in [6.45, 7) is 4.47. The highest BCUT2D eigenvalue weighted by Gasteiger charge is 2.02. The summed E-state index contributed by atoms with van der Waals surface area (Å²) in [7, 11) is 0. The lowest BCUT2D eigenvalue weighted by atomic mass is 10.0. The van der Waals surface area contributed by atoms with Crippen molar-refractivity contribution < 1.29 is 0 Å². The van der Waals surface area contributed by atoms with Crippen LogP contribution < -0.4 is 11.5 Å². The maximum Gasteiger partial charge on any atom is 0.00388 e. The van der Waals surface area contributed by atoms with Crippen LogP contribution in [-0.2, 0) is 0 Å². The number of nitrogens with two attached hydrogens (primary N) is 2. The Morgan fingerprint density at radius 1 is 0.500 bits per heavy atom. The Labute approximate surface area is 128 Å². The molecular formula is C18H40N2. The molecule has 2 heteroatoms. The van der Waals surface area contributed by atoms with E-state index in [0.717, 1.165) is 0 Å². The molecule has 2 atom stereocenters. The number of hydrogen-bond donors (Lipinski definition) is 2. The highest BCUT2D eigenvalue weighted by molar-refractivity contribution is 4.62. The van der Waals surface area contributed by atoms with Gasteiger partial charge in [-0.25, -0.2) is 0 Å². The molecule has 0 rings (SSSR count). The second-order valence-corrected chi connectivity index (χ2v) is 6.50. The lowest BCUT2D eigenvalue weighted by Gasteiger charge is -2.11. The van der Waals surface area contributed by atoms with Crippen LogP contribution in [0.4, 0.5) is 0 Å². The fraction of sp³-hybridized carbons (Fsp3) is 1.00. The zero-order valence-corrected chi connectivity index (χ0v) is 14.2. The van der Waals surface area contributed by atoms with Crippen molar-refractivity contribution >= 4 is 0 Å². The summed E-state index contributed by atoms with van der Waals surface area (Å²) in [6.07, 6.45) is 18.1. The summed E-state index contributed by atoms with van der Waals surface area (Å²) in [5.74, 6) is 0. The molecule has 0 aliphatic carbocycles. The zero-order chi connectivity index (χ0) is 15.1. The van der Waals surface area contributed by atoms with Crippen LogP contribution >= 0.6 is 0 Å². The highest BCUT2D eigenvalue weighted by Crippen LogP contribution is 2.13. The smallest absolute Gasteiger partial charge is 0.00388 e. The van der Waals surface area contributed by atoms with Gasteiger partial charge in [0.1, 0.15) is 0 Å². The first-order chi connectivity index (χ1) is 9.70. The lowest BCUT2D eigenvalue weighted by Crippen LogP contribution is -2.19. The summed E-state index contributed by atoms with van der Waals surface area (Å²) < 4.78 is 0. The van der Waals surface area contributed by atoms with Crippen LogP contribution in [0.25, 0.3) is 0 Å². The van der Waals surface area contributed by atoms with E-state index in [1.54, 1.807) is 0 Å². The van der Waals surface area contributed by atoms with Crippen molar-refractivity contribution in [2.24, 2.45) is 11.5 Å². The van der Waals surface area contributed by atoms with E-state index in [1.165, 1.54) is 89.9 Å². The minimum atomic E-state index is 0.450. The van der Waals surface area contributed by atoms with Gasteiger partial charge in [0.15, 0.2) is 0 Å². The molecule has 0 aliphatic heterocycles. The van der Waals surface area contributed by atoms with Gasteiger partial charge in [-0.3, -0.25) is 0 Å². The number of hydrogen-bond acceptors (Lipinski definition) is 2. The monoisotopic (exact) mass is 284 g/mol. The van der Waals surface area contributed by atoms with E-state index in [2.05, 4.69) is 13.8 Å². The van der Waals surface area contributed by atoms with Gasteiger partial charge in [-0.2, -0.15) is 0 Å². The van der Waals surface area contributed by atoms with Crippen LogP contribution in [0.5, 0.6) is 0 Å². The summed E-state index contributed by atoms with van der Waals surface area (Å²) in [6, 6.07) is 0.901. The first-order valence-corrected chi connectivity index (χ1v) is 9.21. The Morgan fingerprint density at radius 2 is 0.800 bits per heavy atom. The standard InChI is InChI=1S/C18H40N2/c1-3-5-13-17(19)15-11-9-7-8-10-12-16-18(20)14-6-4-2/h17-18H,3-16,19-20H2,1-2H3. The molecule has 0 saturated carbocycles. The first kappa shape index (κ1) is 19.9. The minimum Gasteiger partial charge on any atom is -0.328 e. The van der Waals surface area contributed by atoms with Crippen molar-refractivity contribution in [2.75, 3.05) is 0 Å². The van der Waals surface area contributed by atoms with Crippen LogP contribution in [-0.4, -0.2) is 12.1 Å². The van der Waals surface area contributed by atoms with E-state index in [1.807, 2.05) is 0 Å². The molecule has 0 aromatic heterocycles. The van der Waals surface area contributed by atoms with Crippen molar-refractivity contribution in [2.45, 2.75) is 116 Å². The van der Waals surface area contributed by atoms with Gasteiger partial charge in [0, 0.05) is 12.1 Å². The second-order valence-electron chi connectivity index (χ2n) is 6.50. The lowest BCUT2D eigenvalue weighted by molar-refractivity contribution is 0.480. The third-order valence-corrected chi connectivity index (χ3v) is 4.26. The van der Waals surface area contributed by atoms with E-state index in [0.29, 0.717) is 12.1 Å². The van der Waals surface area contributed by atoms with E-state index >= 15 is 0 Å². The fourth-order valence-electron chi connectivity index (χ4n) is 2.74. The van der Waals surface area contributed by atoms with Gasteiger partial charge in [-0.15, -0.1) is 0 Å². The van der Waals surface area contributed by atoms with Gasteiger partial charge < -0.3 is 11.5 Å². The Kier molecular flexibility index (Phi) is 15.3. The molecule has 0 aromatic rings. The average Bonchev–Trinajstić information content (AvgIpc) is 2.45. The molecule has 4 N–H and O–H groups in total. The third kappa shape index (κ3) is 14.3. The van der Waals surface area contributed by atoms with Crippen LogP contribution in [0.15, 0.2) is 0 Å². The van der Waals surface area contributed by atoms with Crippen molar-refractivity contribution in [3.05, 3.63) is 0 Å². The summed E-state index contributed by atoms with van der Waals surface area (Å²) in [4.78, 5) is 0. The molecule has 0 aliphatic rings. The molecule has 0 saturated heterocycles. The van der Waals surface area contributed by atoms with Gasteiger partial charge in [0.05, 0.1) is 0 Å². The van der Waals surface area contributed by atoms with Gasteiger partial charge in [-0.1, -0.05) is 78.1 Å². The fourth-order valence-corrected chi connectivity index (χ4v) is 2.74. The van der Waals surface area contributed by atoms with Gasteiger partial charge in [-0.05, 0) is 25.7 Å². The van der Waals surface area contributed by atoms with E-state index < -0.39 is 0 Å². The van der Waals surface area contributed by atoms with Crippen molar-refractivity contribution in [1.82, 2.24) is 0 Å². The molecule has 0 spiro atoms. The Hall–Kier alpha value is -0.0800. The predicted molar refractivity (Wildman–Crippen MR) is 91.9 cm³/mol. The average molecular weight is 285 g/mol. The Morgan fingerprint density at radius 3 is 1.15 bits per heavy atom. The van der Waals surface area contributed by atoms with Crippen LogP contribution in [0, 0.1) is 0 Å². The molecule has 0 bridgehead atoms. The van der Waals surface area contributed by atoms with Crippen LogP contribution in [0.3, 0.4) is 0 Å². The third-order valence-electron chi connectivity index (χ3n) is 4.26.